The van der Waals surface area contributed by atoms with Crippen LogP contribution in [0.2, 0.25) is 0 Å². The first-order valence-corrected chi connectivity index (χ1v) is 6.21. The van der Waals surface area contributed by atoms with E-state index in [0.717, 1.165) is 10.5 Å². The van der Waals surface area contributed by atoms with Gasteiger partial charge in [0.15, 0.2) is 0 Å². The van der Waals surface area contributed by atoms with E-state index in [4.69, 9.17) is 5.11 Å². The molecule has 0 aliphatic carbocycles. The smallest absolute Gasteiger partial charge is 0.306 e. The Balaban J connectivity index is 2.72. The zero-order valence-electron chi connectivity index (χ0n) is 8.77. The summed E-state index contributed by atoms with van der Waals surface area (Å²) in [5, 5.41) is 8.74. The molecule has 2 atom stereocenters. The van der Waals surface area contributed by atoms with Crippen LogP contribution in [0.25, 0.3) is 0 Å². The zero-order chi connectivity index (χ0) is 11.4. The van der Waals surface area contributed by atoms with E-state index in [9.17, 15) is 9.00 Å². The van der Waals surface area contributed by atoms with Crippen LogP contribution in [0, 0.1) is 5.92 Å². The quantitative estimate of drug-likeness (QED) is 0.850. The Kier molecular flexibility index (Phi) is 4.03. The topological polar surface area (TPSA) is 54.4 Å². The fourth-order valence-corrected chi connectivity index (χ4v) is 1.78. The number of carboxylic acids is 1. The van der Waals surface area contributed by atoms with Crippen molar-refractivity contribution in [2.45, 2.75) is 18.2 Å². The van der Waals surface area contributed by atoms with Crippen LogP contribution in [-0.4, -0.2) is 21.5 Å². The Morgan fingerprint density at radius 1 is 1.40 bits per heavy atom. The highest BCUT2D eigenvalue weighted by Crippen LogP contribution is 2.12. The maximum atomic E-state index is 11.1. The van der Waals surface area contributed by atoms with Crippen LogP contribution in [0.3, 0.4) is 0 Å². The monoisotopic (exact) mass is 226 g/mol. The van der Waals surface area contributed by atoms with E-state index in [1.54, 1.807) is 25.3 Å². The van der Waals surface area contributed by atoms with Crippen molar-refractivity contribution in [3.63, 3.8) is 0 Å². The van der Waals surface area contributed by atoms with E-state index >= 15 is 0 Å². The normalized spacial score (nSPS) is 14.5. The second-order valence-electron chi connectivity index (χ2n) is 3.54. The van der Waals surface area contributed by atoms with E-state index in [-0.39, 0.29) is 5.92 Å². The highest BCUT2D eigenvalue weighted by atomic mass is 32.2. The summed E-state index contributed by atoms with van der Waals surface area (Å²) in [6.45, 7) is 1.67. The summed E-state index contributed by atoms with van der Waals surface area (Å²) >= 11 is 0. The van der Waals surface area contributed by atoms with Crippen molar-refractivity contribution in [3.8, 4) is 0 Å². The molecule has 0 aliphatic heterocycles. The van der Waals surface area contributed by atoms with Crippen molar-refractivity contribution in [1.29, 1.82) is 0 Å². The van der Waals surface area contributed by atoms with Gasteiger partial charge in [0, 0.05) is 22.0 Å². The van der Waals surface area contributed by atoms with Gasteiger partial charge in [-0.3, -0.25) is 9.00 Å². The first-order valence-electron chi connectivity index (χ1n) is 4.66. The Morgan fingerprint density at radius 2 is 1.93 bits per heavy atom. The Hall–Kier alpha value is -1.16. The fourth-order valence-electron chi connectivity index (χ4n) is 1.26. The van der Waals surface area contributed by atoms with Crippen LogP contribution in [0.4, 0.5) is 0 Å². The van der Waals surface area contributed by atoms with Crippen molar-refractivity contribution in [2.75, 3.05) is 6.26 Å². The summed E-state index contributed by atoms with van der Waals surface area (Å²) in [6.07, 6.45) is 2.13. The number of benzene rings is 1. The van der Waals surface area contributed by atoms with Crippen molar-refractivity contribution < 1.29 is 14.1 Å². The van der Waals surface area contributed by atoms with Crippen LogP contribution in [0.15, 0.2) is 29.2 Å². The summed E-state index contributed by atoms with van der Waals surface area (Å²) in [7, 11) is -0.975. The lowest BCUT2D eigenvalue weighted by Crippen LogP contribution is -2.12. The van der Waals surface area contributed by atoms with Crippen LogP contribution in [0.1, 0.15) is 12.5 Å². The Labute approximate surface area is 91.6 Å². The van der Waals surface area contributed by atoms with E-state index in [1.165, 1.54) is 0 Å². The predicted molar refractivity (Wildman–Crippen MR) is 59.3 cm³/mol. The van der Waals surface area contributed by atoms with Gasteiger partial charge in [-0.1, -0.05) is 19.1 Å². The molecular formula is C11H14O3S. The third-order valence-corrected chi connectivity index (χ3v) is 3.15. The van der Waals surface area contributed by atoms with Crippen LogP contribution in [-0.2, 0) is 22.0 Å². The molecule has 2 unspecified atom stereocenters. The standard InChI is InChI=1S/C11H14O3S/c1-8(11(12)13)7-9-3-5-10(6-4-9)15(2)14/h3-6,8H,7H2,1-2H3,(H,12,13). The molecule has 3 nitrogen and oxygen atoms in total. The number of hydrogen-bond donors (Lipinski definition) is 1. The van der Waals surface area contributed by atoms with E-state index in [2.05, 4.69) is 0 Å². The van der Waals surface area contributed by atoms with Crippen molar-refractivity contribution in [3.05, 3.63) is 29.8 Å². The average molecular weight is 226 g/mol. The van der Waals surface area contributed by atoms with Crippen molar-refractivity contribution in [2.24, 2.45) is 5.92 Å². The zero-order valence-corrected chi connectivity index (χ0v) is 9.58. The molecule has 0 saturated carbocycles. The van der Waals surface area contributed by atoms with Crippen LogP contribution in [0.5, 0.6) is 0 Å². The van der Waals surface area contributed by atoms with Gasteiger partial charge in [0.05, 0.1) is 5.92 Å². The molecule has 15 heavy (non-hydrogen) atoms. The summed E-state index contributed by atoms with van der Waals surface area (Å²) in [6, 6.07) is 7.21. The molecule has 82 valence electrons. The maximum Gasteiger partial charge on any atom is 0.306 e. The van der Waals surface area contributed by atoms with Crippen LogP contribution < -0.4 is 0 Å². The number of carbonyl (C=O) groups is 1. The van der Waals surface area contributed by atoms with Gasteiger partial charge in [0.1, 0.15) is 0 Å². The van der Waals surface area contributed by atoms with Gasteiger partial charge in [0.25, 0.3) is 0 Å². The third-order valence-electron chi connectivity index (χ3n) is 2.22. The fraction of sp³-hybridized carbons (Fsp3) is 0.364. The average Bonchev–Trinajstić information content (AvgIpc) is 2.18. The van der Waals surface area contributed by atoms with Gasteiger partial charge in [-0.25, -0.2) is 0 Å². The van der Waals surface area contributed by atoms with Gasteiger partial charge in [-0.2, -0.15) is 0 Å². The lowest BCUT2D eigenvalue weighted by molar-refractivity contribution is -0.141. The Bertz CT molecular complexity index is 370. The molecule has 0 aromatic heterocycles. The number of aliphatic carboxylic acids is 1. The molecule has 0 radical (unpaired) electrons. The van der Waals surface area contributed by atoms with Gasteiger partial charge in [0.2, 0.25) is 0 Å². The SMILES string of the molecule is CC(Cc1ccc(S(C)=O)cc1)C(=O)O. The van der Waals surface area contributed by atoms with Crippen molar-refractivity contribution >= 4 is 16.8 Å². The summed E-state index contributed by atoms with van der Waals surface area (Å²) in [4.78, 5) is 11.4. The van der Waals surface area contributed by atoms with Gasteiger partial charge in [-0.05, 0) is 24.1 Å². The second-order valence-corrected chi connectivity index (χ2v) is 4.92. The summed E-state index contributed by atoms with van der Waals surface area (Å²) in [5.74, 6) is -1.18. The van der Waals surface area contributed by atoms with E-state index in [1.807, 2.05) is 12.1 Å². The molecular weight excluding hydrogens is 212 g/mol. The third kappa shape index (κ3) is 3.47. The molecule has 0 aliphatic rings. The maximum absolute atomic E-state index is 11.1. The molecule has 4 heteroatoms. The Morgan fingerprint density at radius 3 is 2.33 bits per heavy atom. The lowest BCUT2D eigenvalue weighted by Gasteiger charge is -2.06. The van der Waals surface area contributed by atoms with Gasteiger partial charge >= 0.3 is 5.97 Å². The number of carboxylic acid groups (broad SMARTS) is 1. The largest absolute Gasteiger partial charge is 0.481 e. The minimum atomic E-state index is -0.975. The molecule has 0 spiro atoms. The molecule has 0 amide bonds. The lowest BCUT2D eigenvalue weighted by atomic mass is 10.0. The molecule has 1 aromatic rings. The molecule has 0 fully saturated rings. The first kappa shape index (κ1) is 11.9. The molecule has 1 rings (SSSR count). The molecule has 0 bridgehead atoms. The minimum absolute atomic E-state index is 0.386. The van der Waals surface area contributed by atoms with Gasteiger partial charge < -0.3 is 5.11 Å². The summed E-state index contributed by atoms with van der Waals surface area (Å²) in [5.41, 5.74) is 0.958. The molecule has 0 heterocycles. The van der Waals surface area contributed by atoms with E-state index in [0.29, 0.717) is 6.42 Å². The highest BCUT2D eigenvalue weighted by Gasteiger charge is 2.11. The predicted octanol–water partition coefficient (Wildman–Crippen LogP) is 1.69. The molecule has 1 aromatic carbocycles. The van der Waals surface area contributed by atoms with E-state index < -0.39 is 16.8 Å². The second kappa shape index (κ2) is 5.07. The van der Waals surface area contributed by atoms with Crippen LogP contribution >= 0.6 is 0 Å². The minimum Gasteiger partial charge on any atom is -0.481 e. The number of rotatable bonds is 4. The van der Waals surface area contributed by atoms with Gasteiger partial charge in [-0.15, -0.1) is 0 Å². The number of hydrogen-bond acceptors (Lipinski definition) is 2. The molecule has 1 N–H and O–H groups in total. The highest BCUT2D eigenvalue weighted by molar-refractivity contribution is 7.84. The first-order chi connectivity index (χ1) is 7.00. The summed E-state index contributed by atoms with van der Waals surface area (Å²) < 4.78 is 11.1. The van der Waals surface area contributed by atoms with Crippen molar-refractivity contribution in [1.82, 2.24) is 0 Å². The molecule has 0 saturated heterocycles.